The first-order valence-electron chi connectivity index (χ1n) is 6.81. The zero-order valence-electron chi connectivity index (χ0n) is 12.1. The number of carbonyl (C=O) groups is 1. The molecule has 1 unspecified atom stereocenters. The molecule has 5 heteroatoms. The molecule has 0 aliphatic carbocycles. The molecule has 2 rings (SSSR count). The van der Waals surface area contributed by atoms with Crippen molar-refractivity contribution in [3.63, 3.8) is 0 Å². The molecule has 0 saturated carbocycles. The van der Waals surface area contributed by atoms with Crippen LogP contribution in [0.1, 0.15) is 37.6 Å². The number of hydrogen-bond donors (Lipinski definition) is 0. The van der Waals surface area contributed by atoms with Crippen molar-refractivity contribution in [3.8, 4) is 0 Å². The lowest BCUT2D eigenvalue weighted by Gasteiger charge is -2.27. The predicted octanol–water partition coefficient (Wildman–Crippen LogP) is 3.28. The number of rotatable bonds is 3. The minimum atomic E-state index is -0.473. The maximum atomic E-state index is 11.2. The summed E-state index contributed by atoms with van der Waals surface area (Å²) in [6.07, 6.45) is 1.78. The van der Waals surface area contributed by atoms with Crippen molar-refractivity contribution in [3.05, 3.63) is 33.9 Å². The lowest BCUT2D eigenvalue weighted by Crippen LogP contribution is -2.26. The van der Waals surface area contributed by atoms with Crippen LogP contribution in [0.25, 0.3) is 0 Å². The predicted molar refractivity (Wildman–Crippen MR) is 78.3 cm³/mol. The molecular weight excluding hydrogens is 256 g/mol. The molecule has 0 amide bonds. The monoisotopic (exact) mass is 276 g/mol. The molecule has 0 bridgehead atoms. The van der Waals surface area contributed by atoms with Crippen LogP contribution in [-0.2, 0) is 0 Å². The van der Waals surface area contributed by atoms with Crippen LogP contribution in [-0.4, -0.2) is 24.3 Å². The average Bonchev–Trinajstić information content (AvgIpc) is 2.87. The Morgan fingerprint density at radius 2 is 2.10 bits per heavy atom. The minimum Gasteiger partial charge on any atom is -0.371 e. The molecule has 108 valence electrons. The van der Waals surface area contributed by atoms with Crippen molar-refractivity contribution in [2.24, 2.45) is 11.3 Å². The number of benzene rings is 1. The van der Waals surface area contributed by atoms with Crippen LogP contribution in [0.2, 0.25) is 0 Å². The van der Waals surface area contributed by atoms with Crippen molar-refractivity contribution in [2.75, 3.05) is 18.0 Å². The van der Waals surface area contributed by atoms with Gasteiger partial charge in [-0.15, -0.1) is 0 Å². The van der Waals surface area contributed by atoms with E-state index in [1.54, 1.807) is 6.07 Å². The van der Waals surface area contributed by atoms with Gasteiger partial charge >= 0.3 is 0 Å². The normalized spacial score (nSPS) is 19.1. The Labute approximate surface area is 118 Å². The quantitative estimate of drug-likeness (QED) is 0.483. The van der Waals surface area contributed by atoms with Gasteiger partial charge in [-0.25, -0.2) is 0 Å². The standard InChI is InChI=1S/C15H20N2O3/c1-15(2,3)12-6-7-16(9-12)14-5-4-13(17(19)20)8-11(14)10-18/h4-5,8,10,12H,6-7,9H2,1-3H3. The molecule has 1 aliphatic rings. The Hall–Kier alpha value is -1.91. The van der Waals surface area contributed by atoms with Crippen molar-refractivity contribution in [2.45, 2.75) is 27.2 Å². The van der Waals surface area contributed by atoms with Gasteiger partial charge in [-0.05, 0) is 23.8 Å². The Bertz CT molecular complexity index is 534. The summed E-state index contributed by atoms with van der Waals surface area (Å²) in [6, 6.07) is 4.51. The highest BCUT2D eigenvalue weighted by Gasteiger charge is 2.32. The third-order valence-corrected chi connectivity index (χ3v) is 4.10. The van der Waals surface area contributed by atoms with Crippen LogP contribution >= 0.6 is 0 Å². The van der Waals surface area contributed by atoms with Crippen molar-refractivity contribution in [1.29, 1.82) is 0 Å². The van der Waals surface area contributed by atoms with Gasteiger partial charge in [0.2, 0.25) is 0 Å². The highest BCUT2D eigenvalue weighted by Crippen LogP contribution is 2.36. The number of non-ortho nitro benzene ring substituents is 1. The van der Waals surface area contributed by atoms with Gasteiger partial charge in [-0.2, -0.15) is 0 Å². The van der Waals surface area contributed by atoms with Crippen LogP contribution in [0.15, 0.2) is 18.2 Å². The first-order valence-corrected chi connectivity index (χ1v) is 6.81. The third kappa shape index (κ3) is 2.81. The Balaban J connectivity index is 2.26. The van der Waals surface area contributed by atoms with Crippen LogP contribution in [0.3, 0.4) is 0 Å². The minimum absolute atomic E-state index is 0.0394. The van der Waals surface area contributed by atoms with E-state index in [2.05, 4.69) is 25.7 Å². The first kappa shape index (κ1) is 14.5. The van der Waals surface area contributed by atoms with Gasteiger partial charge in [0.1, 0.15) is 0 Å². The molecule has 1 heterocycles. The summed E-state index contributed by atoms with van der Waals surface area (Å²) in [5.41, 5.74) is 1.39. The largest absolute Gasteiger partial charge is 0.371 e. The van der Waals surface area contributed by atoms with Gasteiger partial charge in [0.25, 0.3) is 5.69 Å². The van der Waals surface area contributed by atoms with Gasteiger partial charge in [0.05, 0.1) is 4.92 Å². The van der Waals surface area contributed by atoms with E-state index in [0.717, 1.165) is 25.2 Å². The van der Waals surface area contributed by atoms with E-state index in [-0.39, 0.29) is 11.1 Å². The average molecular weight is 276 g/mol. The summed E-state index contributed by atoms with van der Waals surface area (Å²) in [4.78, 5) is 23.6. The molecule has 0 radical (unpaired) electrons. The molecule has 1 aliphatic heterocycles. The Morgan fingerprint density at radius 3 is 2.60 bits per heavy atom. The molecule has 1 aromatic carbocycles. The van der Waals surface area contributed by atoms with Crippen molar-refractivity contribution in [1.82, 2.24) is 0 Å². The maximum absolute atomic E-state index is 11.2. The van der Waals surface area contributed by atoms with E-state index in [1.165, 1.54) is 12.1 Å². The second kappa shape index (κ2) is 5.23. The van der Waals surface area contributed by atoms with E-state index in [4.69, 9.17) is 0 Å². The lowest BCUT2D eigenvalue weighted by molar-refractivity contribution is -0.384. The number of carbonyl (C=O) groups excluding carboxylic acids is 1. The number of nitro groups is 1. The Morgan fingerprint density at radius 1 is 1.40 bits per heavy atom. The molecule has 0 N–H and O–H groups in total. The number of nitro benzene ring substituents is 1. The Kier molecular flexibility index (Phi) is 3.79. The number of nitrogens with zero attached hydrogens (tertiary/aromatic N) is 2. The third-order valence-electron chi connectivity index (χ3n) is 4.10. The van der Waals surface area contributed by atoms with Crippen LogP contribution in [0, 0.1) is 21.4 Å². The fourth-order valence-electron chi connectivity index (χ4n) is 2.72. The van der Waals surface area contributed by atoms with E-state index in [0.29, 0.717) is 17.8 Å². The maximum Gasteiger partial charge on any atom is 0.270 e. The highest BCUT2D eigenvalue weighted by atomic mass is 16.6. The molecule has 1 saturated heterocycles. The molecule has 1 atom stereocenters. The van der Waals surface area contributed by atoms with E-state index in [1.807, 2.05) is 0 Å². The first-order chi connectivity index (χ1) is 9.32. The van der Waals surface area contributed by atoms with E-state index < -0.39 is 4.92 Å². The fourth-order valence-corrected chi connectivity index (χ4v) is 2.72. The molecule has 1 aromatic rings. The second-order valence-corrected chi connectivity index (χ2v) is 6.42. The van der Waals surface area contributed by atoms with Gasteiger partial charge in [0.15, 0.2) is 6.29 Å². The van der Waals surface area contributed by atoms with E-state index >= 15 is 0 Å². The number of hydrogen-bond acceptors (Lipinski definition) is 4. The van der Waals surface area contributed by atoms with Crippen molar-refractivity contribution >= 4 is 17.7 Å². The molecule has 1 fully saturated rings. The van der Waals surface area contributed by atoms with Crippen LogP contribution in [0.5, 0.6) is 0 Å². The second-order valence-electron chi connectivity index (χ2n) is 6.42. The van der Waals surface area contributed by atoms with Gasteiger partial charge in [-0.3, -0.25) is 14.9 Å². The highest BCUT2D eigenvalue weighted by molar-refractivity contribution is 5.86. The SMILES string of the molecule is CC(C)(C)C1CCN(c2ccc([N+](=O)[O-])cc2C=O)C1. The molecule has 5 nitrogen and oxygen atoms in total. The summed E-state index contributed by atoms with van der Waals surface area (Å²) < 4.78 is 0. The zero-order valence-corrected chi connectivity index (χ0v) is 12.1. The van der Waals surface area contributed by atoms with E-state index in [9.17, 15) is 14.9 Å². The molecule has 20 heavy (non-hydrogen) atoms. The van der Waals surface area contributed by atoms with Crippen molar-refractivity contribution < 1.29 is 9.72 Å². The summed E-state index contributed by atoms with van der Waals surface area (Å²) in [6.45, 7) is 8.44. The molecule has 0 aromatic heterocycles. The molecular formula is C15H20N2O3. The summed E-state index contributed by atoms with van der Waals surface area (Å²) in [5.74, 6) is 0.567. The number of aldehydes is 1. The smallest absolute Gasteiger partial charge is 0.270 e. The summed E-state index contributed by atoms with van der Waals surface area (Å²) >= 11 is 0. The molecule has 0 spiro atoms. The van der Waals surface area contributed by atoms with Gasteiger partial charge in [-0.1, -0.05) is 20.8 Å². The summed E-state index contributed by atoms with van der Waals surface area (Å²) in [5, 5.41) is 10.8. The topological polar surface area (TPSA) is 63.4 Å². The van der Waals surface area contributed by atoms with Gasteiger partial charge < -0.3 is 4.90 Å². The summed E-state index contributed by atoms with van der Waals surface area (Å²) in [7, 11) is 0. The number of anilines is 1. The zero-order chi connectivity index (χ0) is 14.9. The fraction of sp³-hybridized carbons (Fsp3) is 0.533. The lowest BCUT2D eigenvalue weighted by atomic mass is 9.80. The van der Waals surface area contributed by atoms with Crippen LogP contribution in [0.4, 0.5) is 11.4 Å². The van der Waals surface area contributed by atoms with Gasteiger partial charge in [0, 0.05) is 36.5 Å². The van der Waals surface area contributed by atoms with Crippen LogP contribution < -0.4 is 4.90 Å².